The number of aromatic nitrogens is 4. The van der Waals surface area contributed by atoms with Crippen LogP contribution in [0.5, 0.6) is 0 Å². The Morgan fingerprint density at radius 1 is 0.338 bits per heavy atom. The molecular weight excluding hydrogens is 793 g/mol. The predicted molar refractivity (Wildman–Crippen MR) is 267 cm³/mol. The summed E-state index contributed by atoms with van der Waals surface area (Å²) in [4.78, 5) is 0. The fourth-order valence-corrected chi connectivity index (χ4v) is 10.8. The summed E-state index contributed by atoms with van der Waals surface area (Å²) in [7, 11) is 0. The minimum absolute atomic E-state index is 0.281. The molecule has 0 N–H and O–H groups in total. The summed E-state index contributed by atoms with van der Waals surface area (Å²) in [6, 6.07) is 71.3. The van der Waals surface area contributed by atoms with E-state index in [1.54, 1.807) is 0 Å². The monoisotopic (exact) mass is 828 g/mol. The lowest BCUT2D eigenvalue weighted by Crippen LogP contribution is -2.17. The molecule has 0 saturated carbocycles. The van der Waals surface area contributed by atoms with E-state index in [1.165, 1.54) is 0 Å². The molecule has 0 atom stereocenters. The first kappa shape index (κ1) is 36.5. The normalized spacial score (nSPS) is 11.8. The van der Waals surface area contributed by atoms with Gasteiger partial charge in [0.25, 0.3) is 0 Å². The number of allylic oxidation sites excluding steroid dienone is 1. The van der Waals surface area contributed by atoms with Gasteiger partial charge in [-0.05, 0) is 66.6 Å². The number of benzene rings is 9. The van der Waals surface area contributed by atoms with Gasteiger partial charge in [0, 0.05) is 43.1 Å². The first-order chi connectivity index (χ1) is 32.2. The second-order valence-electron chi connectivity index (χ2n) is 16.7. The van der Waals surface area contributed by atoms with Gasteiger partial charge in [-0.2, -0.15) is 10.5 Å². The fourth-order valence-electron chi connectivity index (χ4n) is 10.8. The van der Waals surface area contributed by atoms with Gasteiger partial charge in [0.1, 0.15) is 12.1 Å². The third-order valence-electron chi connectivity index (χ3n) is 13.4. The van der Waals surface area contributed by atoms with Crippen molar-refractivity contribution in [2.45, 2.75) is 6.42 Å². The molecule has 0 aliphatic carbocycles. The minimum Gasteiger partial charge on any atom is -0.306 e. The Morgan fingerprint density at radius 2 is 0.600 bits per heavy atom. The molecule has 0 fully saturated rings. The highest BCUT2D eigenvalue weighted by atomic mass is 15.1. The second-order valence-corrected chi connectivity index (χ2v) is 16.7. The number of para-hydroxylation sites is 7. The standard InChI is InChI=1S/C59H36N6/c1-2-17-37-32-33-55-45(34-37)44-24-9-16-31-54(44)63(55)57-47(36-61)46(35-60)56(62-48-25-10-3-18-38(48)39-19-4-11-26-49(39)62)58(64-50-27-12-5-20-40(50)41-21-6-13-28-51(41)64)59(57)65-52-29-14-7-22-42(52)43-23-8-15-30-53(43)65/h2-16,18-34H,1,17H2. The van der Waals surface area contributed by atoms with Gasteiger partial charge in [-0.1, -0.05) is 140 Å². The molecule has 0 unspecified atom stereocenters. The number of fused-ring (bicyclic) bond motifs is 12. The van der Waals surface area contributed by atoms with Gasteiger partial charge >= 0.3 is 0 Å². The molecule has 9 aromatic carbocycles. The summed E-state index contributed by atoms with van der Waals surface area (Å²) in [5.41, 5.74) is 12.2. The van der Waals surface area contributed by atoms with Gasteiger partial charge in [-0.15, -0.1) is 6.58 Å². The van der Waals surface area contributed by atoms with E-state index in [0.717, 1.165) is 111 Å². The Morgan fingerprint density at radius 3 is 0.892 bits per heavy atom. The number of nitriles is 2. The average Bonchev–Trinajstić information content (AvgIpc) is 4.08. The maximum Gasteiger partial charge on any atom is 0.103 e. The van der Waals surface area contributed by atoms with E-state index in [2.05, 4.69) is 225 Å². The Bertz CT molecular complexity index is 4110. The predicted octanol–water partition coefficient (Wildman–Crippen LogP) is 14.5. The van der Waals surface area contributed by atoms with Crippen LogP contribution in [0.25, 0.3) is 110 Å². The molecule has 0 bridgehead atoms. The third kappa shape index (κ3) is 4.97. The summed E-state index contributed by atoms with van der Waals surface area (Å²) >= 11 is 0. The minimum atomic E-state index is 0.281. The van der Waals surface area contributed by atoms with Crippen LogP contribution in [-0.4, -0.2) is 18.3 Å². The van der Waals surface area contributed by atoms with Gasteiger partial charge in [0.2, 0.25) is 0 Å². The lowest BCUT2D eigenvalue weighted by atomic mass is 9.98. The van der Waals surface area contributed by atoms with Crippen LogP contribution in [-0.2, 0) is 6.42 Å². The molecule has 0 spiro atoms. The lowest BCUT2D eigenvalue weighted by Gasteiger charge is -2.27. The van der Waals surface area contributed by atoms with Crippen LogP contribution in [0.4, 0.5) is 0 Å². The van der Waals surface area contributed by atoms with Crippen LogP contribution < -0.4 is 0 Å². The van der Waals surface area contributed by atoms with Crippen LogP contribution in [0, 0.1) is 22.7 Å². The zero-order valence-electron chi connectivity index (χ0n) is 35.1. The molecule has 13 rings (SSSR count). The molecule has 0 amide bonds. The van der Waals surface area contributed by atoms with Crippen molar-refractivity contribution in [2.24, 2.45) is 0 Å². The van der Waals surface area contributed by atoms with E-state index in [1.807, 2.05) is 6.08 Å². The quantitative estimate of drug-likeness (QED) is 0.157. The van der Waals surface area contributed by atoms with Crippen molar-refractivity contribution in [1.29, 1.82) is 10.5 Å². The van der Waals surface area contributed by atoms with Crippen molar-refractivity contribution in [3.05, 3.63) is 217 Å². The maximum atomic E-state index is 12.0. The van der Waals surface area contributed by atoms with E-state index in [9.17, 15) is 10.5 Å². The molecule has 4 heterocycles. The zero-order valence-corrected chi connectivity index (χ0v) is 35.1. The van der Waals surface area contributed by atoms with Crippen LogP contribution in [0.1, 0.15) is 16.7 Å². The van der Waals surface area contributed by atoms with E-state index >= 15 is 0 Å². The van der Waals surface area contributed by atoms with E-state index < -0.39 is 0 Å². The topological polar surface area (TPSA) is 67.3 Å². The summed E-state index contributed by atoms with van der Waals surface area (Å²) in [5, 5.41) is 32.5. The SMILES string of the molecule is C=CCc1ccc2c(c1)c1ccccc1n2-c1c(C#N)c(C#N)c(-n2c3ccccc3c3ccccc32)c(-n2c3ccccc3c3ccccc32)c1-n1c2ccccc2c2ccccc21. The highest BCUT2D eigenvalue weighted by Crippen LogP contribution is 2.49. The van der Waals surface area contributed by atoms with Gasteiger partial charge < -0.3 is 18.3 Å². The molecule has 0 aliphatic heterocycles. The van der Waals surface area contributed by atoms with Gasteiger partial charge in [0.15, 0.2) is 0 Å². The van der Waals surface area contributed by atoms with Gasteiger partial charge in [-0.25, -0.2) is 0 Å². The Labute approximate surface area is 373 Å². The zero-order chi connectivity index (χ0) is 43.3. The highest BCUT2D eigenvalue weighted by Gasteiger charge is 2.34. The summed E-state index contributed by atoms with van der Waals surface area (Å²) < 4.78 is 9.18. The molecule has 65 heavy (non-hydrogen) atoms. The molecule has 13 aromatic rings. The Kier molecular flexibility index (Phi) is 7.85. The van der Waals surface area contributed by atoms with Crippen molar-refractivity contribution in [3.63, 3.8) is 0 Å². The molecule has 6 nitrogen and oxygen atoms in total. The van der Waals surface area contributed by atoms with Crippen LogP contribution in [0.2, 0.25) is 0 Å². The van der Waals surface area contributed by atoms with Crippen LogP contribution in [0.3, 0.4) is 0 Å². The number of nitrogens with zero attached hydrogens (tertiary/aromatic N) is 6. The smallest absolute Gasteiger partial charge is 0.103 e. The molecule has 302 valence electrons. The van der Waals surface area contributed by atoms with Crippen molar-refractivity contribution >= 4 is 87.2 Å². The molecular formula is C59H36N6. The second kappa shape index (κ2) is 14.0. The van der Waals surface area contributed by atoms with Gasteiger partial charge in [-0.3, -0.25) is 0 Å². The number of hydrogen-bond acceptors (Lipinski definition) is 2. The first-order valence-electron chi connectivity index (χ1n) is 21.8. The lowest BCUT2D eigenvalue weighted by molar-refractivity contribution is 1.01. The molecule has 0 aliphatic rings. The Balaban J connectivity index is 1.39. The molecule has 4 aromatic heterocycles. The molecule has 0 saturated heterocycles. The van der Waals surface area contributed by atoms with Gasteiger partial charge in [0.05, 0.1) is 78.0 Å². The Hall–Kier alpha value is -9.10. The van der Waals surface area contributed by atoms with E-state index in [4.69, 9.17) is 0 Å². The van der Waals surface area contributed by atoms with E-state index in [0.29, 0.717) is 11.4 Å². The molecule has 6 heteroatoms. The van der Waals surface area contributed by atoms with Crippen molar-refractivity contribution in [2.75, 3.05) is 0 Å². The highest BCUT2D eigenvalue weighted by molar-refractivity contribution is 6.16. The molecule has 0 radical (unpaired) electrons. The van der Waals surface area contributed by atoms with Crippen LogP contribution >= 0.6 is 0 Å². The van der Waals surface area contributed by atoms with Crippen LogP contribution in [0.15, 0.2) is 201 Å². The van der Waals surface area contributed by atoms with E-state index in [-0.39, 0.29) is 11.1 Å². The summed E-state index contributed by atoms with van der Waals surface area (Å²) in [6.07, 6.45) is 2.65. The van der Waals surface area contributed by atoms with Crippen molar-refractivity contribution < 1.29 is 0 Å². The average molecular weight is 829 g/mol. The fraction of sp³-hybridized carbons (Fsp3) is 0.0169. The maximum absolute atomic E-state index is 12.0. The number of hydrogen-bond donors (Lipinski definition) is 0. The third-order valence-corrected chi connectivity index (χ3v) is 13.4. The largest absolute Gasteiger partial charge is 0.306 e. The van der Waals surface area contributed by atoms with Crippen molar-refractivity contribution in [3.8, 4) is 34.9 Å². The number of rotatable bonds is 6. The summed E-state index contributed by atoms with van der Waals surface area (Å²) in [5.74, 6) is 0. The first-order valence-corrected chi connectivity index (χ1v) is 21.8. The van der Waals surface area contributed by atoms with Crippen molar-refractivity contribution in [1.82, 2.24) is 18.3 Å². The summed E-state index contributed by atoms with van der Waals surface area (Å²) in [6.45, 7) is 4.05.